The molecular weight excluding hydrogens is 196 g/mol. The Balaban J connectivity index is 2.27. The van der Waals surface area contributed by atoms with Crippen LogP contribution in [0.15, 0.2) is 41.6 Å². The quantitative estimate of drug-likeness (QED) is 0.690. The van der Waals surface area contributed by atoms with E-state index in [9.17, 15) is 0 Å². The monoisotopic (exact) mass is 206 g/mol. The lowest BCUT2D eigenvalue weighted by Gasteiger charge is -2.15. The van der Waals surface area contributed by atoms with E-state index in [-0.39, 0.29) is 0 Å². The van der Waals surface area contributed by atoms with Crippen molar-refractivity contribution in [2.24, 2.45) is 5.10 Å². The van der Waals surface area contributed by atoms with Gasteiger partial charge in [-0.1, -0.05) is 29.8 Å². The summed E-state index contributed by atoms with van der Waals surface area (Å²) < 4.78 is 0. The fourth-order valence-electron chi connectivity index (χ4n) is 1.40. The van der Waals surface area contributed by atoms with Gasteiger partial charge in [-0.2, -0.15) is 5.10 Å². The lowest BCUT2D eigenvalue weighted by Crippen LogP contribution is -2.13. The van der Waals surface area contributed by atoms with Crippen LogP contribution in [0.5, 0.6) is 0 Å². The van der Waals surface area contributed by atoms with E-state index in [4.69, 9.17) is 11.6 Å². The second-order valence-corrected chi connectivity index (χ2v) is 3.65. The van der Waals surface area contributed by atoms with Crippen molar-refractivity contribution in [3.05, 3.63) is 47.1 Å². The Labute approximate surface area is 88.5 Å². The molecule has 72 valence electrons. The maximum absolute atomic E-state index is 5.81. The normalized spacial score (nSPS) is 15.6. The molecule has 0 aromatic heterocycles. The van der Waals surface area contributed by atoms with Crippen molar-refractivity contribution < 1.29 is 0 Å². The molecule has 14 heavy (non-hydrogen) atoms. The number of hydrogen-bond acceptors (Lipinski definition) is 2. The smallest absolute Gasteiger partial charge is 0.0719 e. The zero-order valence-corrected chi connectivity index (χ0v) is 8.70. The molecule has 1 aliphatic rings. The molecule has 0 radical (unpaired) electrons. The van der Waals surface area contributed by atoms with Gasteiger partial charge in [0.1, 0.15) is 0 Å². The number of hydrazone groups is 1. The molecule has 0 unspecified atom stereocenters. The Morgan fingerprint density at radius 2 is 2.00 bits per heavy atom. The zero-order chi connectivity index (χ0) is 9.97. The van der Waals surface area contributed by atoms with Gasteiger partial charge in [0, 0.05) is 24.7 Å². The third-order valence-electron chi connectivity index (χ3n) is 2.09. The average Bonchev–Trinajstić information content (AvgIpc) is 2.19. The minimum Gasteiger partial charge on any atom is -0.276 e. The number of rotatable bonds is 1. The van der Waals surface area contributed by atoms with Crippen molar-refractivity contribution in [2.45, 2.75) is 6.42 Å². The summed E-state index contributed by atoms with van der Waals surface area (Å²) in [4.78, 5) is 0. The molecule has 0 atom stereocenters. The highest BCUT2D eigenvalue weighted by molar-refractivity contribution is 6.30. The predicted molar refractivity (Wildman–Crippen MR) is 59.5 cm³/mol. The van der Waals surface area contributed by atoms with Crippen LogP contribution in [0, 0.1) is 0 Å². The Morgan fingerprint density at radius 3 is 2.64 bits per heavy atom. The van der Waals surface area contributed by atoms with Gasteiger partial charge in [-0.15, -0.1) is 0 Å². The van der Waals surface area contributed by atoms with Crippen LogP contribution in [-0.2, 0) is 0 Å². The largest absolute Gasteiger partial charge is 0.276 e. The summed E-state index contributed by atoms with van der Waals surface area (Å²) in [5.74, 6) is 0. The molecule has 1 heterocycles. The Hall–Kier alpha value is -1.28. The van der Waals surface area contributed by atoms with Crippen LogP contribution >= 0.6 is 11.6 Å². The SMILES string of the molecule is CN1C=CCC(c2ccc(Cl)cc2)=N1. The molecule has 0 spiro atoms. The first-order valence-corrected chi connectivity index (χ1v) is 4.86. The summed E-state index contributed by atoms with van der Waals surface area (Å²) in [7, 11) is 1.92. The van der Waals surface area contributed by atoms with Crippen LogP contribution in [-0.4, -0.2) is 17.8 Å². The molecule has 0 saturated carbocycles. The molecule has 1 aromatic carbocycles. The molecule has 0 bridgehead atoms. The van der Waals surface area contributed by atoms with Crippen molar-refractivity contribution in [2.75, 3.05) is 7.05 Å². The fraction of sp³-hybridized carbons (Fsp3) is 0.182. The maximum Gasteiger partial charge on any atom is 0.0719 e. The molecule has 0 aliphatic carbocycles. The van der Waals surface area contributed by atoms with Crippen LogP contribution < -0.4 is 0 Å². The molecule has 3 heteroatoms. The van der Waals surface area contributed by atoms with Gasteiger partial charge in [-0.05, 0) is 17.7 Å². The second kappa shape index (κ2) is 3.84. The maximum atomic E-state index is 5.81. The lowest BCUT2D eigenvalue weighted by atomic mass is 10.1. The first-order valence-electron chi connectivity index (χ1n) is 4.48. The van der Waals surface area contributed by atoms with Gasteiger partial charge >= 0.3 is 0 Å². The number of halogens is 1. The minimum absolute atomic E-state index is 0.758. The lowest BCUT2D eigenvalue weighted by molar-refractivity contribution is 0.482. The van der Waals surface area contributed by atoms with E-state index in [0.717, 1.165) is 22.7 Å². The highest BCUT2D eigenvalue weighted by Gasteiger charge is 2.06. The molecule has 0 saturated heterocycles. The average molecular weight is 207 g/mol. The molecule has 0 amide bonds. The summed E-state index contributed by atoms with van der Waals surface area (Å²) in [6, 6.07) is 7.76. The minimum atomic E-state index is 0.758. The molecular formula is C11H11ClN2. The second-order valence-electron chi connectivity index (χ2n) is 3.22. The van der Waals surface area contributed by atoms with Crippen LogP contribution in [0.25, 0.3) is 0 Å². The Morgan fingerprint density at radius 1 is 1.29 bits per heavy atom. The van der Waals surface area contributed by atoms with Crippen LogP contribution in [0.2, 0.25) is 5.02 Å². The van der Waals surface area contributed by atoms with E-state index in [0.29, 0.717) is 0 Å². The van der Waals surface area contributed by atoms with Gasteiger partial charge < -0.3 is 0 Å². The number of allylic oxidation sites excluding steroid dienone is 1. The van der Waals surface area contributed by atoms with Gasteiger partial charge in [0.15, 0.2) is 0 Å². The highest BCUT2D eigenvalue weighted by atomic mass is 35.5. The van der Waals surface area contributed by atoms with E-state index in [2.05, 4.69) is 11.2 Å². The van der Waals surface area contributed by atoms with Crippen LogP contribution in [0.3, 0.4) is 0 Å². The molecule has 2 rings (SSSR count). The summed E-state index contributed by atoms with van der Waals surface area (Å²) in [6.45, 7) is 0. The van der Waals surface area contributed by atoms with E-state index in [1.807, 2.05) is 42.5 Å². The van der Waals surface area contributed by atoms with Gasteiger partial charge in [0.25, 0.3) is 0 Å². The molecule has 2 nitrogen and oxygen atoms in total. The first-order chi connectivity index (χ1) is 6.75. The molecule has 1 aliphatic heterocycles. The van der Waals surface area contributed by atoms with Crippen molar-refractivity contribution in [1.82, 2.24) is 5.01 Å². The van der Waals surface area contributed by atoms with Crippen molar-refractivity contribution in [1.29, 1.82) is 0 Å². The summed E-state index contributed by atoms with van der Waals surface area (Å²) in [5, 5.41) is 6.97. The van der Waals surface area contributed by atoms with Gasteiger partial charge in [0.05, 0.1) is 5.71 Å². The van der Waals surface area contributed by atoms with Gasteiger partial charge in [-0.25, -0.2) is 0 Å². The summed E-state index contributed by atoms with van der Waals surface area (Å²) >= 11 is 5.81. The molecule has 1 aromatic rings. The number of benzene rings is 1. The van der Waals surface area contributed by atoms with E-state index in [1.165, 1.54) is 0 Å². The van der Waals surface area contributed by atoms with Crippen LogP contribution in [0.4, 0.5) is 0 Å². The van der Waals surface area contributed by atoms with E-state index in [1.54, 1.807) is 0 Å². The zero-order valence-electron chi connectivity index (χ0n) is 7.94. The molecule has 0 N–H and O–H groups in total. The van der Waals surface area contributed by atoms with E-state index < -0.39 is 0 Å². The Bertz CT molecular complexity index is 379. The topological polar surface area (TPSA) is 15.6 Å². The third kappa shape index (κ3) is 1.96. The predicted octanol–water partition coefficient (Wildman–Crippen LogP) is 2.89. The highest BCUT2D eigenvalue weighted by Crippen LogP contribution is 2.14. The molecule has 0 fully saturated rings. The number of nitrogens with zero attached hydrogens (tertiary/aromatic N) is 2. The first kappa shape index (κ1) is 9.28. The van der Waals surface area contributed by atoms with Crippen LogP contribution in [0.1, 0.15) is 12.0 Å². The number of hydrogen-bond donors (Lipinski definition) is 0. The summed E-state index contributed by atoms with van der Waals surface area (Å²) in [5.41, 5.74) is 2.21. The van der Waals surface area contributed by atoms with E-state index >= 15 is 0 Å². The third-order valence-corrected chi connectivity index (χ3v) is 2.34. The fourth-order valence-corrected chi connectivity index (χ4v) is 1.53. The van der Waals surface area contributed by atoms with Gasteiger partial charge in [-0.3, -0.25) is 5.01 Å². The Kier molecular flexibility index (Phi) is 2.55. The van der Waals surface area contributed by atoms with Crippen molar-refractivity contribution in [3.63, 3.8) is 0 Å². The standard InChI is InChI=1S/C11H11ClN2/c1-14-8-2-3-11(13-14)9-4-6-10(12)7-5-9/h2,4-8H,3H2,1H3. The van der Waals surface area contributed by atoms with Crippen molar-refractivity contribution >= 4 is 17.3 Å². The summed E-state index contributed by atoms with van der Waals surface area (Å²) in [6.07, 6.45) is 4.93. The van der Waals surface area contributed by atoms with Crippen molar-refractivity contribution in [3.8, 4) is 0 Å². The van der Waals surface area contributed by atoms with Gasteiger partial charge in [0.2, 0.25) is 0 Å².